The molecule has 0 spiro atoms. The molecule has 0 amide bonds. The second-order valence-corrected chi connectivity index (χ2v) is 5.23. The molecule has 0 aromatic rings. The van der Waals surface area contributed by atoms with E-state index in [9.17, 15) is 14.7 Å². The van der Waals surface area contributed by atoms with Gasteiger partial charge in [0.05, 0.1) is 18.6 Å². The zero-order chi connectivity index (χ0) is 13.1. The second-order valence-electron chi connectivity index (χ2n) is 5.23. The smallest absolute Gasteiger partial charge is 0.306 e. The summed E-state index contributed by atoms with van der Waals surface area (Å²) in [6.07, 6.45) is 4.71. The standard InChI is InChI=1S/C14H20O4/c1-9-4-2-3-5-10-11(8-14(17)18-9)13(16)7-6-12(10)15/h5,9,11,13,16H,2-4,6-8H2,1H3/b10-5+/t9-,11+,13-/m0/s1. The molecule has 1 saturated carbocycles. The quantitative estimate of drug-likeness (QED) is 0.667. The van der Waals surface area contributed by atoms with Crippen molar-refractivity contribution in [3.8, 4) is 0 Å². The van der Waals surface area contributed by atoms with Crippen molar-refractivity contribution in [2.24, 2.45) is 5.92 Å². The number of allylic oxidation sites excluding steroid dienone is 1. The highest BCUT2D eigenvalue weighted by molar-refractivity contribution is 5.97. The number of aliphatic hydroxyl groups is 1. The lowest BCUT2D eigenvalue weighted by molar-refractivity contribution is -0.150. The van der Waals surface area contributed by atoms with Crippen LogP contribution in [0.15, 0.2) is 11.6 Å². The lowest BCUT2D eigenvalue weighted by Crippen LogP contribution is -2.34. The van der Waals surface area contributed by atoms with E-state index in [2.05, 4.69) is 0 Å². The van der Waals surface area contributed by atoms with Gasteiger partial charge in [-0.3, -0.25) is 9.59 Å². The van der Waals surface area contributed by atoms with Crippen molar-refractivity contribution in [1.82, 2.24) is 0 Å². The normalized spacial score (nSPS) is 37.2. The maximum absolute atomic E-state index is 11.9. The molecule has 1 aliphatic heterocycles. The average molecular weight is 252 g/mol. The molecule has 0 radical (unpaired) electrons. The van der Waals surface area contributed by atoms with Crippen molar-refractivity contribution in [3.63, 3.8) is 0 Å². The topological polar surface area (TPSA) is 63.6 Å². The molecule has 1 N–H and O–H groups in total. The Balaban J connectivity index is 2.21. The van der Waals surface area contributed by atoms with Gasteiger partial charge in [0.1, 0.15) is 0 Å². The monoisotopic (exact) mass is 252 g/mol. The third-order valence-electron chi connectivity index (χ3n) is 3.75. The number of aliphatic hydroxyl groups excluding tert-OH is 1. The fourth-order valence-corrected chi connectivity index (χ4v) is 2.72. The number of hydrogen-bond acceptors (Lipinski definition) is 4. The fourth-order valence-electron chi connectivity index (χ4n) is 2.72. The Labute approximate surface area is 107 Å². The Morgan fingerprint density at radius 1 is 1.33 bits per heavy atom. The molecule has 4 heteroatoms. The van der Waals surface area contributed by atoms with E-state index in [-0.39, 0.29) is 30.2 Å². The van der Waals surface area contributed by atoms with E-state index in [4.69, 9.17) is 4.74 Å². The molecule has 0 bridgehead atoms. The second kappa shape index (κ2) is 5.65. The summed E-state index contributed by atoms with van der Waals surface area (Å²) in [6.45, 7) is 1.88. The largest absolute Gasteiger partial charge is 0.463 e. The molecule has 2 rings (SSSR count). The van der Waals surface area contributed by atoms with Crippen molar-refractivity contribution in [1.29, 1.82) is 0 Å². The predicted octanol–water partition coefficient (Wildman–Crippen LogP) is 1.76. The van der Waals surface area contributed by atoms with Crippen molar-refractivity contribution >= 4 is 11.8 Å². The highest BCUT2D eigenvalue weighted by Gasteiger charge is 2.35. The van der Waals surface area contributed by atoms with E-state index in [0.29, 0.717) is 18.4 Å². The summed E-state index contributed by atoms with van der Waals surface area (Å²) in [7, 11) is 0. The number of rotatable bonds is 0. The van der Waals surface area contributed by atoms with Gasteiger partial charge in [-0.15, -0.1) is 0 Å². The SMILES string of the molecule is C[C@H]1CCC/C=C2/C(=O)CC[C@H](O)[C@@H]2CC(=O)O1. The molecule has 0 aromatic carbocycles. The molecule has 1 heterocycles. The van der Waals surface area contributed by atoms with Gasteiger partial charge in [0.2, 0.25) is 0 Å². The highest BCUT2D eigenvalue weighted by Crippen LogP contribution is 2.31. The molecule has 18 heavy (non-hydrogen) atoms. The van der Waals surface area contributed by atoms with E-state index in [1.54, 1.807) is 0 Å². The molecule has 4 nitrogen and oxygen atoms in total. The van der Waals surface area contributed by atoms with Crippen molar-refractivity contribution < 1.29 is 19.4 Å². The van der Waals surface area contributed by atoms with Crippen LogP contribution in [-0.4, -0.2) is 29.1 Å². The van der Waals surface area contributed by atoms with Crippen LogP contribution in [0.5, 0.6) is 0 Å². The summed E-state index contributed by atoms with van der Waals surface area (Å²) in [5.41, 5.74) is 0.639. The molecule has 1 fully saturated rings. The van der Waals surface area contributed by atoms with Gasteiger partial charge in [0, 0.05) is 12.3 Å². The summed E-state index contributed by atoms with van der Waals surface area (Å²) < 4.78 is 5.27. The van der Waals surface area contributed by atoms with Gasteiger partial charge in [-0.1, -0.05) is 6.08 Å². The Morgan fingerprint density at radius 2 is 2.11 bits per heavy atom. The van der Waals surface area contributed by atoms with Crippen molar-refractivity contribution in [2.45, 2.75) is 57.7 Å². The molecular weight excluding hydrogens is 232 g/mol. The summed E-state index contributed by atoms with van der Waals surface area (Å²) in [5.74, 6) is -0.607. The molecule has 0 unspecified atom stereocenters. The number of ether oxygens (including phenoxy) is 1. The molecule has 2 aliphatic rings. The zero-order valence-electron chi connectivity index (χ0n) is 10.7. The van der Waals surface area contributed by atoms with Gasteiger partial charge in [0.15, 0.2) is 5.78 Å². The average Bonchev–Trinajstić information content (AvgIpc) is 2.31. The van der Waals surface area contributed by atoms with Crippen molar-refractivity contribution in [2.75, 3.05) is 0 Å². The number of esters is 1. The Kier molecular flexibility index (Phi) is 4.17. The van der Waals surface area contributed by atoms with Crippen LogP contribution in [-0.2, 0) is 14.3 Å². The lowest BCUT2D eigenvalue weighted by Gasteiger charge is -2.30. The predicted molar refractivity (Wildman–Crippen MR) is 65.8 cm³/mol. The first-order valence-corrected chi connectivity index (χ1v) is 6.68. The Hall–Kier alpha value is -1.16. The van der Waals surface area contributed by atoms with Gasteiger partial charge in [-0.05, 0) is 38.2 Å². The molecule has 1 aliphatic carbocycles. The summed E-state index contributed by atoms with van der Waals surface area (Å²) in [5, 5.41) is 9.98. The maximum Gasteiger partial charge on any atom is 0.306 e. The lowest BCUT2D eigenvalue weighted by atomic mass is 9.78. The summed E-state index contributed by atoms with van der Waals surface area (Å²) in [6, 6.07) is 0. The first kappa shape index (κ1) is 13.3. The van der Waals surface area contributed by atoms with Crippen LogP contribution in [0.25, 0.3) is 0 Å². The summed E-state index contributed by atoms with van der Waals surface area (Å²) >= 11 is 0. The van der Waals surface area contributed by atoms with E-state index in [0.717, 1.165) is 19.3 Å². The molecule has 0 saturated heterocycles. The number of fused-ring (bicyclic) bond motifs is 1. The van der Waals surface area contributed by atoms with Gasteiger partial charge in [-0.25, -0.2) is 0 Å². The van der Waals surface area contributed by atoms with Crippen LogP contribution in [0.3, 0.4) is 0 Å². The minimum Gasteiger partial charge on any atom is -0.463 e. The molecule has 3 atom stereocenters. The number of hydrogen-bond donors (Lipinski definition) is 1. The number of cyclic esters (lactones) is 1. The van der Waals surface area contributed by atoms with E-state index in [1.807, 2.05) is 13.0 Å². The van der Waals surface area contributed by atoms with Crippen LogP contribution in [0.2, 0.25) is 0 Å². The third kappa shape index (κ3) is 2.99. The van der Waals surface area contributed by atoms with Crippen LogP contribution in [0, 0.1) is 5.92 Å². The first-order valence-electron chi connectivity index (χ1n) is 6.68. The van der Waals surface area contributed by atoms with Crippen LogP contribution < -0.4 is 0 Å². The highest BCUT2D eigenvalue weighted by atomic mass is 16.5. The minimum absolute atomic E-state index is 0.0757. The number of carbonyl (C=O) groups excluding carboxylic acids is 2. The van der Waals surface area contributed by atoms with Gasteiger partial charge in [-0.2, -0.15) is 0 Å². The molecule has 0 aromatic heterocycles. The first-order chi connectivity index (χ1) is 8.58. The van der Waals surface area contributed by atoms with Gasteiger partial charge >= 0.3 is 5.97 Å². The molecule has 100 valence electrons. The Bertz CT molecular complexity index is 372. The van der Waals surface area contributed by atoms with Gasteiger partial charge in [0.25, 0.3) is 0 Å². The minimum atomic E-state index is -0.601. The van der Waals surface area contributed by atoms with Crippen LogP contribution in [0.4, 0.5) is 0 Å². The molecular formula is C14H20O4. The van der Waals surface area contributed by atoms with Crippen LogP contribution in [0.1, 0.15) is 45.4 Å². The number of Topliss-reactive ketones (excluding diaryl/α,β-unsaturated/α-hetero) is 1. The van der Waals surface area contributed by atoms with Gasteiger partial charge < -0.3 is 9.84 Å². The van der Waals surface area contributed by atoms with E-state index >= 15 is 0 Å². The summed E-state index contributed by atoms with van der Waals surface area (Å²) in [4.78, 5) is 23.6. The van der Waals surface area contributed by atoms with E-state index in [1.165, 1.54) is 0 Å². The fraction of sp³-hybridized carbons (Fsp3) is 0.714. The zero-order valence-corrected chi connectivity index (χ0v) is 10.7. The van der Waals surface area contributed by atoms with E-state index < -0.39 is 6.10 Å². The maximum atomic E-state index is 11.9. The number of carbonyl (C=O) groups is 2. The Morgan fingerprint density at radius 3 is 2.89 bits per heavy atom. The van der Waals surface area contributed by atoms with Crippen LogP contribution >= 0.6 is 0 Å². The number of ketones is 1. The van der Waals surface area contributed by atoms with Crippen molar-refractivity contribution in [3.05, 3.63) is 11.6 Å². The third-order valence-corrected chi connectivity index (χ3v) is 3.75.